The van der Waals surface area contributed by atoms with E-state index in [9.17, 15) is 14.4 Å². The highest BCUT2D eigenvalue weighted by Crippen LogP contribution is 2.36. The minimum absolute atomic E-state index is 0.0338. The number of ether oxygens (including phenoxy) is 1. The Labute approximate surface area is 149 Å². The summed E-state index contributed by atoms with van der Waals surface area (Å²) in [7, 11) is 0. The number of allylic oxidation sites excluding steroid dienone is 1. The van der Waals surface area contributed by atoms with Crippen molar-refractivity contribution >= 4 is 17.8 Å². The molecule has 140 valence electrons. The number of fused-ring (bicyclic) bond motifs is 2. The van der Waals surface area contributed by atoms with E-state index in [4.69, 9.17) is 9.84 Å². The molecule has 0 aromatic heterocycles. The maximum absolute atomic E-state index is 12.6. The first-order valence-corrected chi connectivity index (χ1v) is 9.15. The molecule has 2 heterocycles. The number of hydrogen-bond donors (Lipinski definition) is 1. The van der Waals surface area contributed by atoms with Crippen molar-refractivity contribution in [3.8, 4) is 0 Å². The van der Waals surface area contributed by atoms with E-state index in [1.165, 1.54) is 0 Å². The molecule has 6 nitrogen and oxygen atoms in total. The molecule has 2 aliphatic rings. The normalized spacial score (nSPS) is 23.0. The minimum Gasteiger partial charge on any atom is -0.481 e. The molecule has 1 unspecified atom stereocenters. The first-order chi connectivity index (χ1) is 11.7. The topological polar surface area (TPSA) is 83.9 Å². The number of carbonyl (C=O) groups is 3. The van der Waals surface area contributed by atoms with Crippen molar-refractivity contribution in [2.75, 3.05) is 0 Å². The van der Waals surface area contributed by atoms with Gasteiger partial charge in [0.25, 0.3) is 0 Å². The average molecular weight is 351 g/mol. The van der Waals surface area contributed by atoms with Crippen molar-refractivity contribution in [2.24, 2.45) is 0 Å². The lowest BCUT2D eigenvalue weighted by molar-refractivity contribution is -0.137. The number of Topliss-reactive ketones (excluding diaryl/α,β-unsaturated/α-hetero) is 1. The van der Waals surface area contributed by atoms with Gasteiger partial charge in [-0.2, -0.15) is 0 Å². The number of carboxylic acid groups (broad SMARTS) is 1. The van der Waals surface area contributed by atoms with Gasteiger partial charge in [0.15, 0.2) is 5.78 Å². The van der Waals surface area contributed by atoms with Gasteiger partial charge in [-0.25, -0.2) is 4.79 Å². The molecule has 6 heteroatoms. The summed E-state index contributed by atoms with van der Waals surface area (Å²) in [5, 5.41) is 8.68. The Morgan fingerprint density at radius 3 is 2.48 bits per heavy atom. The number of hydrogen-bond acceptors (Lipinski definition) is 4. The third kappa shape index (κ3) is 5.31. The van der Waals surface area contributed by atoms with Crippen LogP contribution >= 0.6 is 0 Å². The molecule has 0 aromatic rings. The largest absolute Gasteiger partial charge is 0.481 e. The maximum atomic E-state index is 12.6. The summed E-state index contributed by atoms with van der Waals surface area (Å²) < 4.78 is 5.55. The van der Waals surface area contributed by atoms with Crippen LogP contribution in [0.5, 0.6) is 0 Å². The van der Waals surface area contributed by atoms with Gasteiger partial charge in [-0.1, -0.05) is 6.08 Å². The summed E-state index contributed by atoms with van der Waals surface area (Å²) in [6, 6.07) is -0.0669. The predicted octanol–water partition coefficient (Wildman–Crippen LogP) is 3.69. The highest BCUT2D eigenvalue weighted by molar-refractivity contribution is 5.97. The number of carbonyl (C=O) groups excluding carboxylic acids is 2. The Hall–Kier alpha value is -1.85. The lowest BCUT2D eigenvalue weighted by atomic mass is 9.94. The Morgan fingerprint density at radius 1 is 1.16 bits per heavy atom. The van der Waals surface area contributed by atoms with Crippen molar-refractivity contribution in [3.05, 3.63) is 11.6 Å². The van der Waals surface area contributed by atoms with E-state index in [1.54, 1.807) is 4.90 Å². The fraction of sp³-hybridized carbons (Fsp3) is 0.737. The number of rotatable bonds is 6. The molecule has 1 saturated heterocycles. The molecule has 0 aliphatic carbocycles. The first-order valence-electron chi connectivity index (χ1n) is 9.15. The molecular weight excluding hydrogens is 322 g/mol. The number of nitrogens with zero attached hydrogens (tertiary/aromatic N) is 1. The molecule has 0 radical (unpaired) electrons. The number of amides is 1. The zero-order valence-corrected chi connectivity index (χ0v) is 15.4. The predicted molar refractivity (Wildman–Crippen MR) is 93.3 cm³/mol. The van der Waals surface area contributed by atoms with E-state index in [2.05, 4.69) is 0 Å². The smallest absolute Gasteiger partial charge is 0.411 e. The number of carboxylic acids is 1. The van der Waals surface area contributed by atoms with E-state index in [1.807, 2.05) is 26.8 Å². The average Bonchev–Trinajstić information content (AvgIpc) is 2.78. The van der Waals surface area contributed by atoms with Crippen LogP contribution in [0.25, 0.3) is 0 Å². The zero-order chi connectivity index (χ0) is 18.6. The minimum atomic E-state index is -0.837. The summed E-state index contributed by atoms with van der Waals surface area (Å²) >= 11 is 0. The molecule has 2 aliphatic heterocycles. The van der Waals surface area contributed by atoms with Crippen LogP contribution in [0.1, 0.15) is 72.1 Å². The molecule has 1 fully saturated rings. The second kappa shape index (κ2) is 8.02. The zero-order valence-electron chi connectivity index (χ0n) is 15.4. The van der Waals surface area contributed by atoms with Crippen molar-refractivity contribution in [3.63, 3.8) is 0 Å². The van der Waals surface area contributed by atoms with Crippen molar-refractivity contribution in [1.82, 2.24) is 4.90 Å². The van der Waals surface area contributed by atoms with E-state index in [-0.39, 0.29) is 30.4 Å². The summed E-state index contributed by atoms with van der Waals surface area (Å²) in [5.41, 5.74) is 0.147. The van der Waals surface area contributed by atoms with Crippen LogP contribution in [0.3, 0.4) is 0 Å². The maximum Gasteiger partial charge on any atom is 0.411 e. The van der Waals surface area contributed by atoms with Crippen LogP contribution in [-0.2, 0) is 14.3 Å². The number of aliphatic carboxylic acids is 1. The van der Waals surface area contributed by atoms with Gasteiger partial charge in [0.05, 0.1) is 6.04 Å². The van der Waals surface area contributed by atoms with Crippen LogP contribution in [0.4, 0.5) is 4.79 Å². The summed E-state index contributed by atoms with van der Waals surface area (Å²) in [6.45, 7) is 5.53. The van der Waals surface area contributed by atoms with E-state index in [0.717, 1.165) is 25.7 Å². The standard InChI is InChI=1S/C19H29NO5/c1-19(2,3)25-18(24)20-13-7-6-8-14(15(20)12-11-13)16(21)9-4-5-10-17(22)23/h8,13,15H,4-7,9-12H2,1-3H3,(H,22,23)/t13-,15?/m0/s1. The quantitative estimate of drug-likeness (QED) is 0.738. The van der Waals surface area contributed by atoms with Crippen molar-refractivity contribution in [2.45, 2.75) is 89.8 Å². The Bertz CT molecular complexity index is 561. The Balaban J connectivity index is 2.03. The summed E-state index contributed by atoms with van der Waals surface area (Å²) in [5.74, 6) is -0.803. The van der Waals surface area contributed by atoms with Crippen LogP contribution in [0.15, 0.2) is 11.6 Å². The summed E-state index contributed by atoms with van der Waals surface area (Å²) in [6.07, 6.45) is 6.44. The third-order valence-electron chi connectivity index (χ3n) is 4.70. The van der Waals surface area contributed by atoms with Gasteiger partial charge in [-0.05, 0) is 59.3 Å². The second-order valence-corrected chi connectivity index (χ2v) is 7.90. The third-order valence-corrected chi connectivity index (χ3v) is 4.70. The molecule has 0 aromatic carbocycles. The SMILES string of the molecule is CC(C)(C)OC(=O)N1C2CC[C@@H]1CCC=C2C(=O)CCCCC(=O)O. The van der Waals surface area contributed by atoms with Gasteiger partial charge in [0.2, 0.25) is 0 Å². The Morgan fingerprint density at radius 2 is 1.84 bits per heavy atom. The van der Waals surface area contributed by atoms with Gasteiger partial charge in [0.1, 0.15) is 5.60 Å². The fourth-order valence-corrected chi connectivity index (χ4v) is 3.64. The molecule has 1 amide bonds. The highest BCUT2D eigenvalue weighted by atomic mass is 16.6. The lowest BCUT2D eigenvalue weighted by Crippen LogP contribution is -2.45. The first kappa shape index (κ1) is 19.5. The van der Waals surface area contributed by atoms with E-state index < -0.39 is 11.6 Å². The molecule has 2 bridgehead atoms. The van der Waals surface area contributed by atoms with Gasteiger partial charge >= 0.3 is 12.1 Å². The van der Waals surface area contributed by atoms with Gasteiger partial charge in [-0.15, -0.1) is 0 Å². The van der Waals surface area contributed by atoms with Crippen molar-refractivity contribution in [1.29, 1.82) is 0 Å². The van der Waals surface area contributed by atoms with Gasteiger partial charge < -0.3 is 9.84 Å². The Kier molecular flexibility index (Phi) is 6.25. The molecule has 2 rings (SSSR count). The molecule has 0 saturated carbocycles. The van der Waals surface area contributed by atoms with E-state index in [0.29, 0.717) is 24.8 Å². The fourth-order valence-electron chi connectivity index (χ4n) is 3.64. The molecular formula is C19H29NO5. The number of ketones is 1. The second-order valence-electron chi connectivity index (χ2n) is 7.90. The van der Waals surface area contributed by atoms with Crippen molar-refractivity contribution < 1.29 is 24.2 Å². The molecule has 0 spiro atoms. The van der Waals surface area contributed by atoms with Gasteiger partial charge in [0, 0.05) is 24.5 Å². The number of unbranched alkanes of at least 4 members (excludes halogenated alkanes) is 1. The van der Waals surface area contributed by atoms with Crippen LogP contribution in [0.2, 0.25) is 0 Å². The highest BCUT2D eigenvalue weighted by Gasteiger charge is 2.43. The monoisotopic (exact) mass is 351 g/mol. The van der Waals surface area contributed by atoms with Crippen LogP contribution in [-0.4, -0.2) is 45.5 Å². The van der Waals surface area contributed by atoms with Crippen LogP contribution in [0, 0.1) is 0 Å². The molecule has 2 atom stereocenters. The van der Waals surface area contributed by atoms with Crippen LogP contribution < -0.4 is 0 Å². The van der Waals surface area contributed by atoms with Gasteiger partial charge in [-0.3, -0.25) is 14.5 Å². The summed E-state index contributed by atoms with van der Waals surface area (Å²) in [4.78, 5) is 37.6. The lowest BCUT2D eigenvalue weighted by Gasteiger charge is -2.32. The molecule has 25 heavy (non-hydrogen) atoms. The van der Waals surface area contributed by atoms with E-state index >= 15 is 0 Å². The molecule has 1 N–H and O–H groups in total.